The van der Waals surface area contributed by atoms with Crippen LogP contribution in [-0.4, -0.2) is 47.1 Å². The summed E-state index contributed by atoms with van der Waals surface area (Å²) < 4.78 is 0. The molecule has 16 heavy (non-hydrogen) atoms. The number of hydrogen-bond donors (Lipinski definition) is 2. The number of piperazine rings is 1. The lowest BCUT2D eigenvalue weighted by atomic mass is 9.99. The van der Waals surface area contributed by atoms with Crippen molar-refractivity contribution in [1.82, 2.24) is 10.2 Å². The molecule has 0 unspecified atom stereocenters. The number of hydrogen-bond acceptors (Lipinski definition) is 3. The van der Waals surface area contributed by atoms with Crippen LogP contribution in [0.4, 0.5) is 0 Å². The van der Waals surface area contributed by atoms with Gasteiger partial charge in [-0.05, 0) is 20.8 Å². The molecule has 1 rings (SSSR count). The summed E-state index contributed by atoms with van der Waals surface area (Å²) in [6.45, 7) is 7.07. The minimum atomic E-state index is -0.917. The third-order valence-electron chi connectivity index (χ3n) is 2.97. The number of nitrogens with one attached hydrogen (secondary N) is 1. The zero-order valence-electron chi connectivity index (χ0n) is 9.91. The van der Waals surface area contributed by atoms with E-state index in [0.29, 0.717) is 18.7 Å². The van der Waals surface area contributed by atoms with Crippen molar-refractivity contribution in [2.45, 2.75) is 26.3 Å². The third-order valence-corrected chi connectivity index (χ3v) is 2.97. The molecule has 1 saturated heterocycles. The normalized spacial score (nSPS) is 21.7. The van der Waals surface area contributed by atoms with E-state index >= 15 is 0 Å². The molecule has 0 aromatic heterocycles. The summed E-state index contributed by atoms with van der Waals surface area (Å²) in [4.78, 5) is 24.2. The van der Waals surface area contributed by atoms with Crippen LogP contribution < -0.4 is 5.32 Å². The van der Waals surface area contributed by atoms with Crippen molar-refractivity contribution in [1.29, 1.82) is 0 Å². The average Bonchev–Trinajstić information content (AvgIpc) is 2.19. The molecule has 0 atom stereocenters. The molecule has 90 valence electrons. The van der Waals surface area contributed by atoms with Gasteiger partial charge >= 0.3 is 5.97 Å². The number of carbonyl (C=O) groups is 2. The molecule has 1 aliphatic rings. The molecular weight excluding hydrogens is 208 g/mol. The van der Waals surface area contributed by atoms with Gasteiger partial charge in [0, 0.05) is 25.2 Å². The number of amides is 1. The molecule has 0 spiro atoms. The maximum atomic E-state index is 11.6. The molecule has 1 amide bonds. The number of rotatable bonds is 3. The fourth-order valence-electron chi connectivity index (χ4n) is 1.60. The summed E-state index contributed by atoms with van der Waals surface area (Å²) in [5.74, 6) is -0.931. The van der Waals surface area contributed by atoms with E-state index in [0.717, 1.165) is 6.54 Å². The molecule has 1 aliphatic heterocycles. The van der Waals surface area contributed by atoms with Crippen molar-refractivity contribution in [3.8, 4) is 0 Å². The maximum Gasteiger partial charge on any atom is 0.330 e. The molecule has 0 aromatic rings. The van der Waals surface area contributed by atoms with E-state index in [1.807, 2.05) is 18.7 Å². The Morgan fingerprint density at radius 1 is 1.62 bits per heavy atom. The second-order valence-electron chi connectivity index (χ2n) is 4.45. The van der Waals surface area contributed by atoms with Gasteiger partial charge in [-0.15, -0.1) is 0 Å². The summed E-state index contributed by atoms with van der Waals surface area (Å²) in [5.41, 5.74) is -0.269. The molecule has 0 saturated carbocycles. The SMILES string of the molecule is CC(=CCN1CCNC(=O)C1(C)C)C(=O)O. The van der Waals surface area contributed by atoms with E-state index in [1.54, 1.807) is 13.0 Å². The molecule has 1 fully saturated rings. The van der Waals surface area contributed by atoms with Gasteiger partial charge in [0.15, 0.2) is 0 Å². The predicted octanol–water partition coefficient (Wildman–Crippen LogP) is 0.228. The van der Waals surface area contributed by atoms with Crippen LogP contribution in [0.5, 0.6) is 0 Å². The standard InChI is InChI=1S/C11H18N2O3/c1-8(9(14)15)4-6-13-7-5-12-10(16)11(13,2)3/h4H,5-7H2,1-3H3,(H,12,16)(H,14,15). The zero-order valence-corrected chi connectivity index (χ0v) is 9.91. The Morgan fingerprint density at radius 2 is 2.25 bits per heavy atom. The van der Waals surface area contributed by atoms with Crippen LogP contribution in [0.15, 0.2) is 11.6 Å². The lowest BCUT2D eigenvalue weighted by Crippen LogP contribution is -2.61. The van der Waals surface area contributed by atoms with Crippen LogP contribution in [0.2, 0.25) is 0 Å². The van der Waals surface area contributed by atoms with Gasteiger partial charge in [-0.2, -0.15) is 0 Å². The molecule has 0 aliphatic carbocycles. The zero-order chi connectivity index (χ0) is 12.3. The smallest absolute Gasteiger partial charge is 0.330 e. The topological polar surface area (TPSA) is 69.6 Å². The van der Waals surface area contributed by atoms with E-state index < -0.39 is 11.5 Å². The first-order valence-corrected chi connectivity index (χ1v) is 5.29. The summed E-state index contributed by atoms with van der Waals surface area (Å²) in [6, 6.07) is 0. The van der Waals surface area contributed by atoms with Crippen LogP contribution in [-0.2, 0) is 9.59 Å². The van der Waals surface area contributed by atoms with Gasteiger partial charge in [0.1, 0.15) is 0 Å². The van der Waals surface area contributed by atoms with E-state index in [9.17, 15) is 9.59 Å². The van der Waals surface area contributed by atoms with E-state index in [4.69, 9.17) is 5.11 Å². The van der Waals surface area contributed by atoms with Crippen LogP contribution in [0.3, 0.4) is 0 Å². The second-order valence-corrected chi connectivity index (χ2v) is 4.45. The van der Waals surface area contributed by atoms with Gasteiger partial charge in [0.2, 0.25) is 5.91 Å². The van der Waals surface area contributed by atoms with E-state index in [-0.39, 0.29) is 5.91 Å². The number of nitrogens with zero attached hydrogens (tertiary/aromatic N) is 1. The molecular formula is C11H18N2O3. The van der Waals surface area contributed by atoms with Crippen molar-refractivity contribution >= 4 is 11.9 Å². The van der Waals surface area contributed by atoms with Gasteiger partial charge in [0.25, 0.3) is 0 Å². The molecule has 5 nitrogen and oxygen atoms in total. The van der Waals surface area contributed by atoms with Crippen LogP contribution >= 0.6 is 0 Å². The van der Waals surface area contributed by atoms with Crippen LogP contribution in [0, 0.1) is 0 Å². The van der Waals surface area contributed by atoms with Gasteiger partial charge in [-0.25, -0.2) is 4.79 Å². The molecule has 1 heterocycles. The highest BCUT2D eigenvalue weighted by Crippen LogP contribution is 2.17. The number of carboxylic acids is 1. The Hall–Kier alpha value is -1.36. The van der Waals surface area contributed by atoms with Gasteiger partial charge in [0.05, 0.1) is 5.54 Å². The Balaban J connectivity index is 2.70. The van der Waals surface area contributed by atoms with E-state index in [1.165, 1.54) is 0 Å². The minimum Gasteiger partial charge on any atom is -0.478 e. The number of aliphatic carboxylic acids is 1. The third kappa shape index (κ3) is 2.61. The second kappa shape index (κ2) is 4.65. The lowest BCUT2D eigenvalue weighted by Gasteiger charge is -2.40. The Bertz CT molecular complexity index is 334. The fourth-order valence-corrected chi connectivity index (χ4v) is 1.60. The first kappa shape index (κ1) is 12.7. The van der Waals surface area contributed by atoms with Gasteiger partial charge < -0.3 is 10.4 Å². The lowest BCUT2D eigenvalue weighted by molar-refractivity contribution is -0.134. The van der Waals surface area contributed by atoms with Crippen molar-refractivity contribution in [2.75, 3.05) is 19.6 Å². The highest BCUT2D eigenvalue weighted by molar-refractivity contribution is 5.87. The van der Waals surface area contributed by atoms with Gasteiger partial charge in [-0.3, -0.25) is 9.69 Å². The maximum absolute atomic E-state index is 11.6. The van der Waals surface area contributed by atoms with Gasteiger partial charge in [-0.1, -0.05) is 6.08 Å². The van der Waals surface area contributed by atoms with Crippen molar-refractivity contribution in [3.05, 3.63) is 11.6 Å². The Labute approximate surface area is 95.1 Å². The summed E-state index contributed by atoms with van der Waals surface area (Å²) >= 11 is 0. The molecule has 0 aromatic carbocycles. The minimum absolute atomic E-state index is 0.0138. The highest BCUT2D eigenvalue weighted by atomic mass is 16.4. The first-order chi connectivity index (χ1) is 7.35. The number of carbonyl (C=O) groups excluding carboxylic acids is 1. The quantitative estimate of drug-likeness (QED) is 0.676. The molecule has 5 heteroatoms. The molecule has 2 N–H and O–H groups in total. The molecule has 0 radical (unpaired) electrons. The largest absolute Gasteiger partial charge is 0.478 e. The first-order valence-electron chi connectivity index (χ1n) is 5.29. The predicted molar refractivity (Wildman–Crippen MR) is 60.1 cm³/mol. The summed E-state index contributed by atoms with van der Waals surface area (Å²) in [5, 5.41) is 11.5. The summed E-state index contributed by atoms with van der Waals surface area (Å²) in [6.07, 6.45) is 1.64. The Morgan fingerprint density at radius 3 is 2.81 bits per heavy atom. The monoisotopic (exact) mass is 226 g/mol. The van der Waals surface area contributed by atoms with Crippen molar-refractivity contribution in [2.24, 2.45) is 0 Å². The average molecular weight is 226 g/mol. The summed E-state index contributed by atoms with van der Waals surface area (Å²) in [7, 11) is 0. The van der Waals surface area contributed by atoms with Crippen LogP contribution in [0.25, 0.3) is 0 Å². The Kier molecular flexibility index (Phi) is 3.70. The van der Waals surface area contributed by atoms with Crippen molar-refractivity contribution in [3.63, 3.8) is 0 Å². The van der Waals surface area contributed by atoms with Crippen molar-refractivity contribution < 1.29 is 14.7 Å². The molecule has 0 bridgehead atoms. The number of carboxylic acid groups (broad SMARTS) is 1. The van der Waals surface area contributed by atoms with Crippen LogP contribution in [0.1, 0.15) is 20.8 Å². The fraction of sp³-hybridized carbons (Fsp3) is 0.636. The van der Waals surface area contributed by atoms with E-state index in [2.05, 4.69) is 5.32 Å². The highest BCUT2D eigenvalue weighted by Gasteiger charge is 2.36.